The Hall–Kier alpha value is -1.06. The third kappa shape index (κ3) is 6.82. The number of aromatic nitrogens is 1. The summed E-state index contributed by atoms with van der Waals surface area (Å²) in [6, 6.07) is 7.36. The molecule has 0 atom stereocenters. The van der Waals surface area contributed by atoms with E-state index in [1.165, 1.54) is 4.88 Å². The van der Waals surface area contributed by atoms with Crippen LogP contribution in [-0.4, -0.2) is 43.1 Å². The van der Waals surface area contributed by atoms with Crippen LogP contribution in [0.4, 0.5) is 0 Å². The number of benzene rings is 1. The van der Waals surface area contributed by atoms with Crippen LogP contribution in [0.1, 0.15) is 9.88 Å². The number of aliphatic imine (C=N–C) groups is 1. The van der Waals surface area contributed by atoms with Crippen LogP contribution >= 0.6 is 46.9 Å². The Bertz CT molecular complexity index is 648. The molecule has 132 valence electrons. The minimum absolute atomic E-state index is 0. The molecule has 0 aliphatic heterocycles. The molecule has 0 aliphatic carbocycles. The number of ether oxygens (including phenoxy) is 1. The third-order valence-electron chi connectivity index (χ3n) is 3.15. The van der Waals surface area contributed by atoms with Gasteiger partial charge in [0.1, 0.15) is 17.4 Å². The van der Waals surface area contributed by atoms with Gasteiger partial charge in [0.2, 0.25) is 0 Å². The smallest absolute Gasteiger partial charge is 0.193 e. The maximum Gasteiger partial charge on any atom is 0.193 e. The molecule has 0 bridgehead atoms. The quantitative estimate of drug-likeness (QED) is 0.388. The lowest BCUT2D eigenvalue weighted by atomic mass is 10.3. The molecule has 5 nitrogen and oxygen atoms in total. The number of thiazole rings is 1. The summed E-state index contributed by atoms with van der Waals surface area (Å²) in [6.07, 6.45) is 1.88. The van der Waals surface area contributed by atoms with E-state index in [0.29, 0.717) is 18.2 Å². The Morgan fingerprint density at radius 2 is 2.08 bits per heavy atom. The summed E-state index contributed by atoms with van der Waals surface area (Å²) < 4.78 is 5.70. The molecule has 2 aromatic rings. The lowest BCUT2D eigenvalue weighted by molar-refractivity contribution is 0.281. The summed E-state index contributed by atoms with van der Waals surface area (Å²) in [5, 5.41) is 5.06. The Morgan fingerprint density at radius 3 is 2.67 bits per heavy atom. The molecule has 1 aromatic carbocycles. The van der Waals surface area contributed by atoms with E-state index < -0.39 is 0 Å². The average molecular weight is 481 g/mol. The highest BCUT2D eigenvalue weighted by Crippen LogP contribution is 2.15. The van der Waals surface area contributed by atoms with Gasteiger partial charge in [-0.25, -0.2) is 4.98 Å². The van der Waals surface area contributed by atoms with Crippen molar-refractivity contribution in [3.05, 3.63) is 45.4 Å². The van der Waals surface area contributed by atoms with E-state index >= 15 is 0 Å². The molecule has 0 saturated heterocycles. The highest BCUT2D eigenvalue weighted by atomic mass is 127. The van der Waals surface area contributed by atoms with Crippen molar-refractivity contribution in [3.63, 3.8) is 0 Å². The first-order valence-corrected chi connectivity index (χ1v) is 8.49. The topological polar surface area (TPSA) is 49.8 Å². The van der Waals surface area contributed by atoms with Crippen LogP contribution in [0.5, 0.6) is 5.75 Å². The number of likely N-dealkylation sites (N-methyl/N-ethyl adjacent to an activating group) is 1. The first-order chi connectivity index (χ1) is 11.1. The predicted octanol–water partition coefficient (Wildman–Crippen LogP) is 3.81. The number of nitrogens with one attached hydrogen (secondary N) is 1. The summed E-state index contributed by atoms with van der Waals surface area (Å²) in [6.45, 7) is 4.01. The van der Waals surface area contributed by atoms with Crippen LogP contribution in [0.3, 0.4) is 0 Å². The zero-order valence-electron chi connectivity index (χ0n) is 14.0. The van der Waals surface area contributed by atoms with Gasteiger partial charge in [-0.15, -0.1) is 35.3 Å². The minimum atomic E-state index is 0. The maximum absolute atomic E-state index is 5.85. The largest absolute Gasteiger partial charge is 0.492 e. The van der Waals surface area contributed by atoms with E-state index in [1.807, 2.05) is 42.4 Å². The molecule has 0 spiro atoms. The highest BCUT2D eigenvalue weighted by molar-refractivity contribution is 14.0. The van der Waals surface area contributed by atoms with Crippen LogP contribution in [0.25, 0.3) is 0 Å². The summed E-state index contributed by atoms with van der Waals surface area (Å²) in [4.78, 5) is 11.9. The second-order valence-corrected chi connectivity index (χ2v) is 6.75. The first kappa shape index (κ1) is 21.0. The molecule has 0 radical (unpaired) electrons. The van der Waals surface area contributed by atoms with Crippen molar-refractivity contribution in [2.45, 2.75) is 13.5 Å². The molecule has 1 N–H and O–H groups in total. The zero-order chi connectivity index (χ0) is 16.7. The lowest BCUT2D eigenvalue weighted by Gasteiger charge is -2.21. The lowest BCUT2D eigenvalue weighted by Crippen LogP contribution is -2.40. The number of rotatable bonds is 6. The molecule has 2 rings (SSSR count). The third-order valence-corrected chi connectivity index (χ3v) is 4.31. The number of hydrogen-bond acceptors (Lipinski definition) is 4. The Kier molecular flexibility index (Phi) is 9.38. The molecule has 1 heterocycles. The van der Waals surface area contributed by atoms with Crippen LogP contribution in [-0.2, 0) is 6.54 Å². The van der Waals surface area contributed by atoms with Gasteiger partial charge >= 0.3 is 0 Å². The first-order valence-electron chi connectivity index (χ1n) is 7.30. The Balaban J connectivity index is 0.00000288. The molecular weight excluding hydrogens is 459 g/mol. The van der Waals surface area contributed by atoms with Gasteiger partial charge in [0.15, 0.2) is 5.96 Å². The van der Waals surface area contributed by atoms with E-state index in [4.69, 9.17) is 16.3 Å². The van der Waals surface area contributed by atoms with Crippen LogP contribution in [0.2, 0.25) is 5.02 Å². The second-order valence-electron chi connectivity index (χ2n) is 4.99. The molecule has 0 saturated carbocycles. The molecular formula is C16H22ClIN4OS. The Labute approximate surface area is 169 Å². The number of nitrogens with zero attached hydrogens (tertiary/aromatic N) is 3. The number of guanidine groups is 1. The predicted molar refractivity (Wildman–Crippen MR) is 112 cm³/mol. The van der Waals surface area contributed by atoms with Gasteiger partial charge in [0.05, 0.1) is 13.1 Å². The number of halogens is 2. The van der Waals surface area contributed by atoms with Gasteiger partial charge in [-0.05, 0) is 31.2 Å². The van der Waals surface area contributed by atoms with Gasteiger partial charge in [0, 0.05) is 30.2 Å². The summed E-state index contributed by atoms with van der Waals surface area (Å²) in [5.74, 6) is 1.63. The normalized spacial score (nSPS) is 10.9. The summed E-state index contributed by atoms with van der Waals surface area (Å²) >= 11 is 7.54. The molecule has 0 aliphatic rings. The van der Waals surface area contributed by atoms with Gasteiger partial charge in [-0.3, -0.25) is 4.99 Å². The highest BCUT2D eigenvalue weighted by Gasteiger charge is 2.07. The van der Waals surface area contributed by atoms with Crippen LogP contribution in [0.15, 0.2) is 35.5 Å². The SMILES string of the molecule is CN=C(NCc1ncc(C)s1)N(C)CCOc1ccc(Cl)cc1.I. The van der Waals surface area contributed by atoms with E-state index in [2.05, 4.69) is 22.2 Å². The standard InChI is InChI=1S/C16H21ClN4OS.HI/c1-12-10-19-15(23-12)11-20-16(18-2)21(3)8-9-22-14-6-4-13(17)5-7-14;/h4-7,10H,8-9,11H2,1-3H3,(H,18,20);1H. The van der Waals surface area contributed by atoms with Gasteiger partial charge < -0.3 is 15.0 Å². The second kappa shape index (κ2) is 10.7. The average Bonchev–Trinajstić information content (AvgIpc) is 2.95. The fourth-order valence-corrected chi connectivity index (χ4v) is 2.81. The van der Waals surface area contributed by atoms with Gasteiger partial charge in [0.25, 0.3) is 0 Å². The number of aryl methyl sites for hydroxylation is 1. The molecule has 24 heavy (non-hydrogen) atoms. The van der Waals surface area contributed by atoms with Crippen LogP contribution < -0.4 is 10.1 Å². The molecule has 0 unspecified atom stereocenters. The number of hydrogen-bond donors (Lipinski definition) is 1. The van der Waals surface area contributed by atoms with Gasteiger partial charge in [-0.2, -0.15) is 0 Å². The summed E-state index contributed by atoms with van der Waals surface area (Å²) in [7, 11) is 3.75. The van der Waals surface area contributed by atoms with E-state index in [-0.39, 0.29) is 24.0 Å². The molecule has 1 aromatic heterocycles. The fourth-order valence-electron chi connectivity index (χ4n) is 1.96. The zero-order valence-corrected chi connectivity index (χ0v) is 17.9. The van der Waals surface area contributed by atoms with E-state index in [0.717, 1.165) is 23.3 Å². The molecule has 0 fully saturated rings. The van der Waals surface area contributed by atoms with Crippen molar-refractivity contribution >= 4 is 52.9 Å². The summed E-state index contributed by atoms with van der Waals surface area (Å²) in [5.41, 5.74) is 0. The van der Waals surface area contributed by atoms with E-state index in [1.54, 1.807) is 18.4 Å². The Morgan fingerprint density at radius 1 is 1.38 bits per heavy atom. The fraction of sp³-hybridized carbons (Fsp3) is 0.375. The van der Waals surface area contributed by atoms with E-state index in [9.17, 15) is 0 Å². The van der Waals surface area contributed by atoms with Crippen molar-refractivity contribution in [3.8, 4) is 5.75 Å². The monoisotopic (exact) mass is 480 g/mol. The van der Waals surface area contributed by atoms with Crippen molar-refractivity contribution in [1.29, 1.82) is 0 Å². The van der Waals surface area contributed by atoms with Gasteiger partial charge in [-0.1, -0.05) is 11.6 Å². The van der Waals surface area contributed by atoms with Crippen molar-refractivity contribution in [2.24, 2.45) is 4.99 Å². The minimum Gasteiger partial charge on any atom is -0.492 e. The molecule has 0 amide bonds. The maximum atomic E-state index is 5.85. The van der Waals surface area contributed by atoms with Crippen molar-refractivity contribution < 1.29 is 4.74 Å². The van der Waals surface area contributed by atoms with Crippen molar-refractivity contribution in [1.82, 2.24) is 15.2 Å². The van der Waals surface area contributed by atoms with Crippen molar-refractivity contribution in [2.75, 3.05) is 27.2 Å². The van der Waals surface area contributed by atoms with Crippen LogP contribution in [0, 0.1) is 6.92 Å². The molecule has 8 heteroatoms.